The largest absolute Gasteiger partial charge is 0.357 e. The minimum atomic E-state index is 0.721. The minimum absolute atomic E-state index is 0.721. The number of hydrogen-bond donors (Lipinski definition) is 1. The number of thiazole rings is 1. The van der Waals surface area contributed by atoms with Gasteiger partial charge in [-0.3, -0.25) is 9.98 Å². The van der Waals surface area contributed by atoms with E-state index in [4.69, 9.17) is 4.99 Å². The molecule has 3 aromatic rings. The Morgan fingerprint density at radius 3 is 2.88 bits per heavy atom. The lowest BCUT2D eigenvalue weighted by Crippen LogP contribution is -2.38. The van der Waals surface area contributed by atoms with E-state index in [0.29, 0.717) is 0 Å². The molecule has 0 aliphatic carbocycles. The van der Waals surface area contributed by atoms with Gasteiger partial charge in [-0.2, -0.15) is 0 Å². The molecular formula is C20H25N5S. The van der Waals surface area contributed by atoms with Gasteiger partial charge in [0.15, 0.2) is 5.96 Å². The van der Waals surface area contributed by atoms with E-state index in [2.05, 4.69) is 63.8 Å². The number of rotatable bonds is 6. The third-order valence-corrected chi connectivity index (χ3v) is 4.94. The van der Waals surface area contributed by atoms with Crippen molar-refractivity contribution in [2.45, 2.75) is 26.8 Å². The van der Waals surface area contributed by atoms with Gasteiger partial charge >= 0.3 is 0 Å². The number of para-hydroxylation sites is 1. The second-order valence-electron chi connectivity index (χ2n) is 6.19. The number of aromatic nitrogens is 2. The summed E-state index contributed by atoms with van der Waals surface area (Å²) in [6.07, 6.45) is 2.72. The van der Waals surface area contributed by atoms with E-state index in [1.165, 1.54) is 10.9 Å². The number of nitrogens with one attached hydrogen (secondary N) is 1. The van der Waals surface area contributed by atoms with Crippen LogP contribution in [0.2, 0.25) is 0 Å². The molecule has 1 N–H and O–H groups in total. The number of benzene rings is 1. The lowest BCUT2D eigenvalue weighted by molar-refractivity contribution is 0.471. The lowest BCUT2D eigenvalue weighted by atomic mass is 10.1. The molecular weight excluding hydrogens is 342 g/mol. The van der Waals surface area contributed by atoms with Gasteiger partial charge in [-0.15, -0.1) is 11.3 Å². The minimum Gasteiger partial charge on any atom is -0.357 e. The van der Waals surface area contributed by atoms with Gasteiger partial charge in [0.25, 0.3) is 0 Å². The third kappa shape index (κ3) is 4.58. The molecule has 6 heteroatoms. The first-order chi connectivity index (χ1) is 12.7. The molecule has 0 unspecified atom stereocenters. The Labute approximate surface area is 158 Å². The van der Waals surface area contributed by atoms with E-state index in [0.717, 1.165) is 48.2 Å². The SMILES string of the molecule is CCNC(=NCCc1cccc2cccnc12)N(C)Cc1csc(C)n1. The fraction of sp³-hybridized carbons (Fsp3) is 0.350. The van der Waals surface area contributed by atoms with Crippen LogP contribution in [0.4, 0.5) is 0 Å². The van der Waals surface area contributed by atoms with Crippen LogP contribution >= 0.6 is 11.3 Å². The maximum atomic E-state index is 4.80. The Morgan fingerprint density at radius 2 is 2.12 bits per heavy atom. The highest BCUT2D eigenvalue weighted by atomic mass is 32.1. The Bertz CT molecular complexity index is 881. The predicted molar refractivity (Wildman–Crippen MR) is 110 cm³/mol. The summed E-state index contributed by atoms with van der Waals surface area (Å²) in [6, 6.07) is 10.4. The average Bonchev–Trinajstić information content (AvgIpc) is 3.06. The standard InChI is InChI=1S/C20H25N5S/c1-4-21-20(25(3)13-18-14-26-15(2)24-18)23-12-10-17-8-5-7-16-9-6-11-22-19(16)17/h5-9,11,14H,4,10,12-13H2,1-3H3,(H,21,23). The van der Waals surface area contributed by atoms with Crippen molar-refractivity contribution in [3.8, 4) is 0 Å². The van der Waals surface area contributed by atoms with Gasteiger partial charge in [0.2, 0.25) is 0 Å². The van der Waals surface area contributed by atoms with Crippen LogP contribution in [0, 0.1) is 6.92 Å². The summed E-state index contributed by atoms with van der Waals surface area (Å²) in [7, 11) is 2.05. The van der Waals surface area contributed by atoms with Crippen LogP contribution in [-0.2, 0) is 13.0 Å². The molecule has 0 atom stereocenters. The molecule has 5 nitrogen and oxygen atoms in total. The van der Waals surface area contributed by atoms with Crippen LogP contribution in [0.15, 0.2) is 46.9 Å². The Balaban J connectivity index is 1.68. The van der Waals surface area contributed by atoms with Gasteiger partial charge in [0.05, 0.1) is 22.8 Å². The van der Waals surface area contributed by atoms with E-state index in [1.807, 2.05) is 19.2 Å². The average molecular weight is 368 g/mol. The zero-order chi connectivity index (χ0) is 18.4. The first kappa shape index (κ1) is 18.3. The number of pyridine rings is 1. The zero-order valence-corrected chi connectivity index (χ0v) is 16.4. The lowest BCUT2D eigenvalue weighted by Gasteiger charge is -2.21. The smallest absolute Gasteiger partial charge is 0.194 e. The van der Waals surface area contributed by atoms with Crippen molar-refractivity contribution >= 4 is 28.2 Å². The van der Waals surface area contributed by atoms with E-state index in [-0.39, 0.29) is 0 Å². The number of guanidine groups is 1. The molecule has 0 aliphatic rings. The molecule has 0 bridgehead atoms. The van der Waals surface area contributed by atoms with Crippen LogP contribution in [0.25, 0.3) is 10.9 Å². The molecule has 0 amide bonds. The quantitative estimate of drug-likeness (QED) is 0.534. The highest BCUT2D eigenvalue weighted by Gasteiger charge is 2.09. The monoisotopic (exact) mass is 367 g/mol. The van der Waals surface area contributed by atoms with E-state index in [9.17, 15) is 0 Å². The summed E-state index contributed by atoms with van der Waals surface area (Å²) >= 11 is 1.68. The van der Waals surface area contributed by atoms with Crippen LogP contribution in [0.5, 0.6) is 0 Å². The molecule has 0 aliphatic heterocycles. The molecule has 0 fully saturated rings. The van der Waals surface area contributed by atoms with E-state index < -0.39 is 0 Å². The molecule has 3 rings (SSSR count). The van der Waals surface area contributed by atoms with Crippen molar-refractivity contribution in [2.24, 2.45) is 4.99 Å². The van der Waals surface area contributed by atoms with Gasteiger partial charge in [-0.05, 0) is 31.9 Å². The summed E-state index contributed by atoms with van der Waals surface area (Å²) in [5, 5.41) is 7.75. The molecule has 0 radical (unpaired) electrons. The molecule has 0 saturated carbocycles. The number of fused-ring (bicyclic) bond motifs is 1. The molecule has 136 valence electrons. The maximum absolute atomic E-state index is 4.80. The van der Waals surface area contributed by atoms with Crippen molar-refractivity contribution in [1.29, 1.82) is 0 Å². The highest BCUT2D eigenvalue weighted by molar-refractivity contribution is 7.09. The normalized spacial score (nSPS) is 11.7. The molecule has 0 saturated heterocycles. The van der Waals surface area contributed by atoms with Crippen LogP contribution in [0.3, 0.4) is 0 Å². The fourth-order valence-corrected chi connectivity index (χ4v) is 3.52. The molecule has 2 heterocycles. The summed E-state index contributed by atoms with van der Waals surface area (Å²) < 4.78 is 0. The van der Waals surface area contributed by atoms with Gasteiger partial charge in [-0.25, -0.2) is 4.98 Å². The number of aryl methyl sites for hydroxylation is 1. The third-order valence-electron chi connectivity index (χ3n) is 4.12. The summed E-state index contributed by atoms with van der Waals surface area (Å²) in [5.41, 5.74) is 3.39. The molecule has 0 spiro atoms. The van der Waals surface area contributed by atoms with E-state index >= 15 is 0 Å². The van der Waals surface area contributed by atoms with Gasteiger partial charge < -0.3 is 10.2 Å². The number of hydrogen-bond acceptors (Lipinski definition) is 4. The Kier molecular flexibility index (Phi) is 6.17. The Hall–Kier alpha value is -2.47. The van der Waals surface area contributed by atoms with Gasteiger partial charge in [-0.1, -0.05) is 24.3 Å². The molecule has 2 aromatic heterocycles. The Morgan fingerprint density at radius 1 is 1.27 bits per heavy atom. The highest BCUT2D eigenvalue weighted by Crippen LogP contribution is 2.16. The summed E-state index contributed by atoms with van der Waals surface area (Å²) in [4.78, 5) is 16.0. The molecule has 26 heavy (non-hydrogen) atoms. The summed E-state index contributed by atoms with van der Waals surface area (Å²) in [6.45, 7) is 6.44. The maximum Gasteiger partial charge on any atom is 0.194 e. The van der Waals surface area contributed by atoms with Crippen molar-refractivity contribution in [3.05, 3.63) is 58.2 Å². The van der Waals surface area contributed by atoms with Gasteiger partial charge in [0.1, 0.15) is 0 Å². The topological polar surface area (TPSA) is 53.4 Å². The zero-order valence-electron chi connectivity index (χ0n) is 15.6. The number of aliphatic imine (C=N–C) groups is 1. The van der Waals surface area contributed by atoms with E-state index in [1.54, 1.807) is 11.3 Å². The van der Waals surface area contributed by atoms with Gasteiger partial charge in [0, 0.05) is 37.1 Å². The summed E-state index contributed by atoms with van der Waals surface area (Å²) in [5.74, 6) is 0.909. The molecule has 1 aromatic carbocycles. The van der Waals surface area contributed by atoms with Crippen LogP contribution in [0.1, 0.15) is 23.2 Å². The first-order valence-corrected chi connectivity index (χ1v) is 9.78. The predicted octanol–water partition coefficient (Wildman–Crippen LogP) is 3.64. The van der Waals surface area contributed by atoms with Crippen molar-refractivity contribution in [2.75, 3.05) is 20.1 Å². The first-order valence-electron chi connectivity index (χ1n) is 8.90. The van der Waals surface area contributed by atoms with Crippen molar-refractivity contribution in [3.63, 3.8) is 0 Å². The fourth-order valence-electron chi connectivity index (χ4n) is 2.92. The van der Waals surface area contributed by atoms with Crippen LogP contribution in [-0.4, -0.2) is 41.0 Å². The van der Waals surface area contributed by atoms with Crippen LogP contribution < -0.4 is 5.32 Å². The second kappa shape index (κ2) is 8.76. The van der Waals surface area contributed by atoms with Crippen molar-refractivity contribution in [1.82, 2.24) is 20.2 Å². The second-order valence-corrected chi connectivity index (χ2v) is 7.25. The van der Waals surface area contributed by atoms with Crippen molar-refractivity contribution < 1.29 is 0 Å². The number of nitrogens with zero attached hydrogens (tertiary/aromatic N) is 4.